The second-order valence-corrected chi connectivity index (χ2v) is 5.63. The van der Waals surface area contributed by atoms with E-state index in [0.29, 0.717) is 16.1 Å². The fourth-order valence-corrected chi connectivity index (χ4v) is 2.51. The molecule has 0 fully saturated rings. The number of carbonyl (C=O) groups is 1. The van der Waals surface area contributed by atoms with Crippen molar-refractivity contribution in [3.8, 4) is 0 Å². The number of amides is 1. The van der Waals surface area contributed by atoms with Crippen LogP contribution in [-0.4, -0.2) is 15.7 Å². The first-order chi connectivity index (χ1) is 11.1. The van der Waals surface area contributed by atoms with Crippen molar-refractivity contribution in [2.75, 3.05) is 5.32 Å². The van der Waals surface area contributed by atoms with E-state index in [1.165, 1.54) is 0 Å². The normalized spacial score (nSPS) is 10.7. The van der Waals surface area contributed by atoms with Gasteiger partial charge in [0.25, 0.3) is 5.56 Å². The Morgan fingerprint density at radius 3 is 2.74 bits per heavy atom. The van der Waals surface area contributed by atoms with Gasteiger partial charge >= 0.3 is 0 Å². The zero-order chi connectivity index (χ0) is 16.4. The summed E-state index contributed by atoms with van der Waals surface area (Å²) in [6.07, 6.45) is 1.55. The van der Waals surface area contributed by atoms with Crippen molar-refractivity contribution in [3.63, 3.8) is 0 Å². The minimum atomic E-state index is -0.418. The van der Waals surface area contributed by atoms with Crippen molar-refractivity contribution in [1.82, 2.24) is 9.78 Å². The number of rotatable bonds is 3. The molecule has 23 heavy (non-hydrogen) atoms. The van der Waals surface area contributed by atoms with Crippen LogP contribution in [0.1, 0.15) is 0 Å². The highest BCUT2D eigenvalue weighted by Crippen LogP contribution is 2.29. The third-order valence-corrected chi connectivity index (χ3v) is 4.10. The standard InChI is InChI=1S/C16H11Cl2N3O2/c17-12-6-3-7-13(15(12)18)20-14(22)9-21-16(23)11-5-2-1-4-10(11)8-19-21/h1-8H,9H2,(H,20,22). The zero-order valence-corrected chi connectivity index (χ0v) is 13.3. The lowest BCUT2D eigenvalue weighted by Crippen LogP contribution is -2.29. The largest absolute Gasteiger partial charge is 0.323 e. The Bertz CT molecular complexity index is 953. The highest BCUT2D eigenvalue weighted by molar-refractivity contribution is 6.43. The Kier molecular flexibility index (Phi) is 4.32. The maximum atomic E-state index is 12.3. The van der Waals surface area contributed by atoms with Gasteiger partial charge in [-0.3, -0.25) is 9.59 Å². The number of aromatic nitrogens is 2. The highest BCUT2D eigenvalue weighted by Gasteiger charge is 2.11. The molecule has 1 amide bonds. The van der Waals surface area contributed by atoms with E-state index in [4.69, 9.17) is 23.2 Å². The van der Waals surface area contributed by atoms with Crippen molar-refractivity contribution in [1.29, 1.82) is 0 Å². The van der Waals surface area contributed by atoms with Gasteiger partial charge in [0.15, 0.2) is 0 Å². The minimum Gasteiger partial charge on any atom is -0.323 e. The van der Waals surface area contributed by atoms with Crippen molar-refractivity contribution in [2.45, 2.75) is 6.54 Å². The molecule has 0 aliphatic rings. The second-order valence-electron chi connectivity index (χ2n) is 4.84. The van der Waals surface area contributed by atoms with Gasteiger partial charge in [-0.25, -0.2) is 4.68 Å². The first-order valence-corrected chi connectivity index (χ1v) is 7.50. The van der Waals surface area contributed by atoms with Crippen LogP contribution < -0.4 is 10.9 Å². The predicted octanol–water partition coefficient (Wildman–Crippen LogP) is 3.34. The summed E-state index contributed by atoms with van der Waals surface area (Å²) in [6, 6.07) is 12.0. The lowest BCUT2D eigenvalue weighted by molar-refractivity contribution is -0.117. The van der Waals surface area contributed by atoms with Gasteiger partial charge in [-0.05, 0) is 18.2 Å². The highest BCUT2D eigenvalue weighted by atomic mass is 35.5. The van der Waals surface area contributed by atoms with E-state index >= 15 is 0 Å². The third-order valence-electron chi connectivity index (χ3n) is 3.28. The molecule has 1 N–H and O–H groups in total. The van der Waals surface area contributed by atoms with E-state index in [2.05, 4.69) is 10.4 Å². The van der Waals surface area contributed by atoms with Crippen molar-refractivity contribution in [2.24, 2.45) is 0 Å². The number of hydrogen-bond donors (Lipinski definition) is 1. The Morgan fingerprint density at radius 2 is 1.91 bits per heavy atom. The maximum absolute atomic E-state index is 12.3. The molecule has 3 aromatic rings. The molecular formula is C16H11Cl2N3O2. The fourth-order valence-electron chi connectivity index (χ4n) is 2.17. The van der Waals surface area contributed by atoms with Crippen LogP contribution in [0.5, 0.6) is 0 Å². The van der Waals surface area contributed by atoms with Crippen molar-refractivity contribution >= 4 is 45.6 Å². The molecule has 1 aromatic heterocycles. The molecule has 0 atom stereocenters. The van der Waals surface area contributed by atoms with Crippen LogP contribution in [0.3, 0.4) is 0 Å². The van der Waals surface area contributed by atoms with Crippen molar-refractivity contribution < 1.29 is 4.79 Å². The fraction of sp³-hybridized carbons (Fsp3) is 0.0625. The number of benzene rings is 2. The first-order valence-electron chi connectivity index (χ1n) is 6.75. The van der Waals surface area contributed by atoms with Gasteiger partial charge in [0, 0.05) is 5.39 Å². The maximum Gasteiger partial charge on any atom is 0.275 e. The van der Waals surface area contributed by atoms with Crippen molar-refractivity contribution in [3.05, 3.63) is 69.1 Å². The molecule has 0 radical (unpaired) electrons. The van der Waals surface area contributed by atoms with E-state index in [1.54, 1.807) is 42.6 Å². The molecule has 5 nitrogen and oxygen atoms in total. The van der Waals surface area contributed by atoms with E-state index < -0.39 is 5.91 Å². The second kappa shape index (κ2) is 6.40. The average molecular weight is 348 g/mol. The lowest BCUT2D eigenvalue weighted by atomic mass is 10.2. The molecule has 3 rings (SSSR count). The SMILES string of the molecule is O=C(Cn1ncc2ccccc2c1=O)Nc1cccc(Cl)c1Cl. The van der Waals surface area contributed by atoms with E-state index in [0.717, 1.165) is 10.1 Å². The molecule has 0 unspecified atom stereocenters. The van der Waals surface area contributed by atoms with Gasteiger partial charge in [0.2, 0.25) is 5.91 Å². The number of nitrogens with zero attached hydrogens (tertiary/aromatic N) is 2. The summed E-state index contributed by atoms with van der Waals surface area (Å²) in [4.78, 5) is 24.4. The molecule has 0 aliphatic heterocycles. The number of halogens is 2. The summed E-state index contributed by atoms with van der Waals surface area (Å²) in [5, 5.41) is 8.46. The van der Waals surface area contributed by atoms with Crippen LogP contribution in [0, 0.1) is 0 Å². The van der Waals surface area contributed by atoms with E-state index in [1.807, 2.05) is 6.07 Å². The monoisotopic (exact) mass is 347 g/mol. The van der Waals surface area contributed by atoms with Crippen LogP contribution in [-0.2, 0) is 11.3 Å². The number of anilines is 1. The molecule has 0 saturated carbocycles. The molecule has 0 aliphatic carbocycles. The Morgan fingerprint density at radius 1 is 1.13 bits per heavy atom. The van der Waals surface area contributed by atoms with E-state index in [-0.39, 0.29) is 17.1 Å². The van der Waals surface area contributed by atoms with Gasteiger partial charge < -0.3 is 5.32 Å². The lowest BCUT2D eigenvalue weighted by Gasteiger charge is -2.09. The summed E-state index contributed by atoms with van der Waals surface area (Å²) in [5.41, 5.74) is 0.0634. The molecule has 116 valence electrons. The summed E-state index contributed by atoms with van der Waals surface area (Å²) >= 11 is 11.9. The smallest absolute Gasteiger partial charge is 0.275 e. The molecular weight excluding hydrogens is 337 g/mol. The zero-order valence-electron chi connectivity index (χ0n) is 11.8. The predicted molar refractivity (Wildman–Crippen MR) is 91.1 cm³/mol. The quantitative estimate of drug-likeness (QED) is 0.790. The molecule has 0 spiro atoms. The third kappa shape index (κ3) is 3.21. The van der Waals surface area contributed by atoms with Gasteiger partial charge in [0.05, 0.1) is 27.3 Å². The molecule has 0 saturated heterocycles. The summed E-state index contributed by atoms with van der Waals surface area (Å²) in [6.45, 7) is -0.216. The van der Waals surface area contributed by atoms with Crippen LogP contribution in [0.25, 0.3) is 10.8 Å². The Balaban J connectivity index is 1.85. The average Bonchev–Trinajstić information content (AvgIpc) is 2.55. The van der Waals surface area contributed by atoms with Crippen LogP contribution in [0.15, 0.2) is 53.5 Å². The van der Waals surface area contributed by atoms with Gasteiger partial charge in [-0.15, -0.1) is 0 Å². The van der Waals surface area contributed by atoms with E-state index in [9.17, 15) is 9.59 Å². The van der Waals surface area contributed by atoms with Gasteiger partial charge in [-0.2, -0.15) is 5.10 Å². The van der Waals surface area contributed by atoms with Gasteiger partial charge in [0.1, 0.15) is 6.54 Å². The molecule has 0 bridgehead atoms. The summed E-state index contributed by atoms with van der Waals surface area (Å²) in [5.74, 6) is -0.418. The van der Waals surface area contributed by atoms with Crippen LogP contribution in [0.2, 0.25) is 10.0 Å². The number of fused-ring (bicyclic) bond motifs is 1. The summed E-state index contributed by atoms with van der Waals surface area (Å²) < 4.78 is 1.11. The number of hydrogen-bond acceptors (Lipinski definition) is 3. The topological polar surface area (TPSA) is 64.0 Å². The Labute approximate surface area is 141 Å². The van der Waals surface area contributed by atoms with Crippen LogP contribution >= 0.6 is 23.2 Å². The summed E-state index contributed by atoms with van der Waals surface area (Å²) in [7, 11) is 0. The first kappa shape index (κ1) is 15.5. The number of carbonyl (C=O) groups excluding carboxylic acids is 1. The molecule has 2 aromatic carbocycles. The van der Waals surface area contributed by atoms with Crippen LogP contribution in [0.4, 0.5) is 5.69 Å². The van der Waals surface area contributed by atoms with Gasteiger partial charge in [-0.1, -0.05) is 47.5 Å². The number of nitrogens with one attached hydrogen (secondary N) is 1. The minimum absolute atomic E-state index is 0.216. The molecule has 1 heterocycles. The molecule has 7 heteroatoms. The Hall–Kier alpha value is -2.37.